The lowest BCUT2D eigenvalue weighted by atomic mass is 10.0. The van der Waals surface area contributed by atoms with Gasteiger partial charge in [-0.25, -0.2) is 4.79 Å². The maximum atomic E-state index is 12.4. The first-order valence-electron chi connectivity index (χ1n) is 9.16. The van der Waals surface area contributed by atoms with Crippen LogP contribution in [0.2, 0.25) is 0 Å². The smallest absolute Gasteiger partial charge is 0.359 e. The van der Waals surface area contributed by atoms with Crippen molar-refractivity contribution in [3.8, 4) is 0 Å². The first kappa shape index (κ1) is 18.6. The molecule has 1 aromatic carbocycles. The SMILES string of the molecule is CCOC(=O)c1nn(Cc2ccccc2)c2c1CN(C(C)COC)CC2. The van der Waals surface area contributed by atoms with Crippen LogP contribution in [0.5, 0.6) is 0 Å². The van der Waals surface area contributed by atoms with Gasteiger partial charge in [0.05, 0.1) is 19.8 Å². The molecule has 2 heterocycles. The number of ether oxygens (including phenoxy) is 2. The summed E-state index contributed by atoms with van der Waals surface area (Å²) in [6.07, 6.45) is 0.864. The number of rotatable bonds is 7. The summed E-state index contributed by atoms with van der Waals surface area (Å²) in [6.45, 7) is 7.27. The first-order valence-corrected chi connectivity index (χ1v) is 9.16. The number of aromatic nitrogens is 2. The van der Waals surface area contributed by atoms with Crippen LogP contribution in [0.25, 0.3) is 0 Å². The van der Waals surface area contributed by atoms with Gasteiger partial charge >= 0.3 is 5.97 Å². The third-order valence-electron chi connectivity index (χ3n) is 4.84. The highest BCUT2D eigenvalue weighted by atomic mass is 16.5. The fourth-order valence-corrected chi connectivity index (χ4v) is 3.49. The van der Waals surface area contributed by atoms with Gasteiger partial charge in [-0.15, -0.1) is 0 Å². The molecule has 0 spiro atoms. The lowest BCUT2D eigenvalue weighted by molar-refractivity contribution is 0.0513. The molecule has 0 N–H and O–H groups in total. The molecule has 0 fully saturated rings. The molecule has 0 bridgehead atoms. The van der Waals surface area contributed by atoms with Crippen molar-refractivity contribution in [1.29, 1.82) is 0 Å². The van der Waals surface area contributed by atoms with E-state index < -0.39 is 0 Å². The molecule has 6 heteroatoms. The Labute approximate surface area is 154 Å². The summed E-state index contributed by atoms with van der Waals surface area (Å²) in [5, 5.41) is 4.63. The Morgan fingerprint density at radius 2 is 2.08 bits per heavy atom. The molecule has 140 valence electrons. The maximum absolute atomic E-state index is 12.4. The molecule has 1 atom stereocenters. The standard InChI is InChI=1S/C20H27N3O3/c1-4-26-20(24)19-17-13-22(15(2)14-25-3)11-10-18(17)23(21-19)12-16-8-6-5-7-9-16/h5-9,15H,4,10-14H2,1-3H3. The van der Waals surface area contributed by atoms with Gasteiger partial charge in [-0.2, -0.15) is 5.10 Å². The zero-order valence-electron chi connectivity index (χ0n) is 15.8. The van der Waals surface area contributed by atoms with Crippen molar-refractivity contribution < 1.29 is 14.3 Å². The van der Waals surface area contributed by atoms with E-state index in [1.807, 2.05) is 29.8 Å². The van der Waals surface area contributed by atoms with Gasteiger partial charge < -0.3 is 9.47 Å². The number of methoxy groups -OCH3 is 1. The average Bonchev–Trinajstić information content (AvgIpc) is 3.01. The van der Waals surface area contributed by atoms with Crippen LogP contribution < -0.4 is 0 Å². The molecule has 1 aliphatic rings. The van der Waals surface area contributed by atoms with Gasteiger partial charge in [0, 0.05) is 43.9 Å². The summed E-state index contributed by atoms with van der Waals surface area (Å²) in [7, 11) is 1.72. The Bertz CT molecular complexity index is 742. The Morgan fingerprint density at radius 3 is 2.77 bits per heavy atom. The van der Waals surface area contributed by atoms with E-state index in [0.29, 0.717) is 38.0 Å². The Morgan fingerprint density at radius 1 is 1.31 bits per heavy atom. The van der Waals surface area contributed by atoms with E-state index in [4.69, 9.17) is 9.47 Å². The molecule has 0 radical (unpaired) electrons. The second-order valence-electron chi connectivity index (χ2n) is 6.66. The summed E-state index contributed by atoms with van der Waals surface area (Å²) in [6, 6.07) is 10.5. The summed E-state index contributed by atoms with van der Waals surface area (Å²) in [5.41, 5.74) is 3.75. The van der Waals surface area contributed by atoms with Crippen molar-refractivity contribution >= 4 is 5.97 Å². The van der Waals surface area contributed by atoms with E-state index in [9.17, 15) is 4.79 Å². The minimum Gasteiger partial charge on any atom is -0.461 e. The van der Waals surface area contributed by atoms with Crippen molar-refractivity contribution in [1.82, 2.24) is 14.7 Å². The Balaban J connectivity index is 1.91. The fraction of sp³-hybridized carbons (Fsp3) is 0.500. The number of esters is 1. The number of carbonyl (C=O) groups excluding carboxylic acids is 1. The van der Waals surface area contributed by atoms with Crippen LogP contribution in [0.15, 0.2) is 30.3 Å². The predicted octanol–water partition coefficient (Wildman–Crippen LogP) is 2.50. The second kappa shape index (κ2) is 8.47. The van der Waals surface area contributed by atoms with Gasteiger partial charge in [0.25, 0.3) is 0 Å². The Hall–Kier alpha value is -2.18. The lowest BCUT2D eigenvalue weighted by Crippen LogP contribution is -2.40. The largest absolute Gasteiger partial charge is 0.461 e. The molecule has 0 saturated heterocycles. The molecule has 3 rings (SSSR count). The lowest BCUT2D eigenvalue weighted by Gasteiger charge is -2.32. The van der Waals surface area contributed by atoms with E-state index in [1.54, 1.807) is 7.11 Å². The third-order valence-corrected chi connectivity index (χ3v) is 4.84. The molecular weight excluding hydrogens is 330 g/mol. The summed E-state index contributed by atoms with van der Waals surface area (Å²) < 4.78 is 12.5. The van der Waals surface area contributed by atoms with Gasteiger partial charge in [0.2, 0.25) is 0 Å². The van der Waals surface area contributed by atoms with Gasteiger partial charge in [-0.3, -0.25) is 9.58 Å². The van der Waals surface area contributed by atoms with Crippen LogP contribution in [0, 0.1) is 0 Å². The minimum atomic E-state index is -0.336. The van der Waals surface area contributed by atoms with E-state index in [2.05, 4.69) is 29.1 Å². The van der Waals surface area contributed by atoms with Crippen molar-refractivity contribution in [3.63, 3.8) is 0 Å². The zero-order chi connectivity index (χ0) is 18.5. The molecule has 2 aromatic rings. The van der Waals surface area contributed by atoms with Crippen LogP contribution in [0.4, 0.5) is 0 Å². The Kier molecular flexibility index (Phi) is 6.06. The van der Waals surface area contributed by atoms with Crippen LogP contribution in [-0.4, -0.2) is 53.6 Å². The monoisotopic (exact) mass is 357 g/mol. The van der Waals surface area contributed by atoms with Crippen LogP contribution in [0.3, 0.4) is 0 Å². The van der Waals surface area contributed by atoms with E-state index in [0.717, 1.165) is 24.2 Å². The van der Waals surface area contributed by atoms with Crippen molar-refractivity contribution in [2.24, 2.45) is 0 Å². The first-order chi connectivity index (χ1) is 12.6. The second-order valence-corrected chi connectivity index (χ2v) is 6.66. The number of nitrogens with zero attached hydrogens (tertiary/aromatic N) is 3. The molecule has 26 heavy (non-hydrogen) atoms. The molecule has 6 nitrogen and oxygen atoms in total. The van der Waals surface area contributed by atoms with Crippen LogP contribution in [0.1, 0.15) is 41.2 Å². The molecule has 1 unspecified atom stereocenters. The average molecular weight is 357 g/mol. The van der Waals surface area contributed by atoms with E-state index >= 15 is 0 Å². The van der Waals surface area contributed by atoms with Gasteiger partial charge in [-0.05, 0) is 19.4 Å². The van der Waals surface area contributed by atoms with E-state index in [1.165, 1.54) is 5.56 Å². The number of carbonyl (C=O) groups is 1. The van der Waals surface area contributed by atoms with Crippen LogP contribution >= 0.6 is 0 Å². The van der Waals surface area contributed by atoms with Gasteiger partial charge in [0.1, 0.15) is 0 Å². The molecule has 0 amide bonds. The predicted molar refractivity (Wildman–Crippen MR) is 99.2 cm³/mol. The summed E-state index contributed by atoms with van der Waals surface area (Å²) >= 11 is 0. The van der Waals surface area contributed by atoms with Crippen molar-refractivity contribution in [2.75, 3.05) is 26.9 Å². The van der Waals surface area contributed by atoms with E-state index in [-0.39, 0.29) is 5.97 Å². The van der Waals surface area contributed by atoms with Gasteiger partial charge in [0.15, 0.2) is 5.69 Å². The molecular formula is C20H27N3O3. The highest BCUT2D eigenvalue weighted by Gasteiger charge is 2.30. The normalized spacial score (nSPS) is 15.5. The van der Waals surface area contributed by atoms with Crippen molar-refractivity contribution in [3.05, 3.63) is 52.8 Å². The maximum Gasteiger partial charge on any atom is 0.359 e. The van der Waals surface area contributed by atoms with Crippen molar-refractivity contribution in [2.45, 2.75) is 39.4 Å². The number of hydrogen-bond donors (Lipinski definition) is 0. The zero-order valence-corrected chi connectivity index (χ0v) is 15.8. The number of benzene rings is 1. The summed E-state index contributed by atoms with van der Waals surface area (Å²) in [5.74, 6) is -0.336. The van der Waals surface area contributed by atoms with Gasteiger partial charge in [-0.1, -0.05) is 30.3 Å². The fourth-order valence-electron chi connectivity index (χ4n) is 3.49. The highest BCUT2D eigenvalue weighted by molar-refractivity contribution is 5.89. The number of fused-ring (bicyclic) bond motifs is 1. The molecule has 0 aliphatic carbocycles. The minimum absolute atomic E-state index is 0.292. The quantitative estimate of drug-likeness (QED) is 0.713. The molecule has 1 aliphatic heterocycles. The molecule has 1 aromatic heterocycles. The molecule has 0 saturated carbocycles. The summed E-state index contributed by atoms with van der Waals surface area (Å²) in [4.78, 5) is 14.8. The topological polar surface area (TPSA) is 56.6 Å². The van der Waals surface area contributed by atoms with Crippen LogP contribution in [-0.2, 0) is 29.0 Å². The highest BCUT2D eigenvalue weighted by Crippen LogP contribution is 2.25. The third kappa shape index (κ3) is 3.97. The number of hydrogen-bond acceptors (Lipinski definition) is 5.